The van der Waals surface area contributed by atoms with Crippen molar-refractivity contribution in [3.63, 3.8) is 0 Å². The van der Waals surface area contributed by atoms with E-state index in [0.29, 0.717) is 18.9 Å². The van der Waals surface area contributed by atoms with E-state index in [9.17, 15) is 5.11 Å². The SMILES string of the molecule is Nc1ncccc1CN1CC[C@@H](c2ccc3c(c2)OCO3)[C@H](O)C1. The molecule has 2 aliphatic heterocycles. The topological polar surface area (TPSA) is 80.8 Å². The molecule has 0 amide bonds. The van der Waals surface area contributed by atoms with Gasteiger partial charge in [0.2, 0.25) is 6.79 Å². The number of piperidine rings is 1. The normalized spacial score (nSPS) is 23.4. The van der Waals surface area contributed by atoms with Crippen LogP contribution in [0, 0.1) is 0 Å². The molecule has 0 aliphatic carbocycles. The number of pyridine rings is 1. The minimum atomic E-state index is -0.419. The van der Waals surface area contributed by atoms with Crippen LogP contribution >= 0.6 is 0 Å². The Morgan fingerprint density at radius 1 is 1.25 bits per heavy atom. The van der Waals surface area contributed by atoms with Crippen molar-refractivity contribution in [2.75, 3.05) is 25.6 Å². The molecular formula is C18H21N3O3. The van der Waals surface area contributed by atoms with E-state index in [1.165, 1.54) is 0 Å². The highest BCUT2D eigenvalue weighted by Crippen LogP contribution is 2.37. The van der Waals surface area contributed by atoms with E-state index in [1.54, 1.807) is 6.20 Å². The van der Waals surface area contributed by atoms with Gasteiger partial charge in [0.05, 0.1) is 6.10 Å². The minimum absolute atomic E-state index is 0.113. The largest absolute Gasteiger partial charge is 0.454 e. The van der Waals surface area contributed by atoms with Crippen LogP contribution in [0.15, 0.2) is 36.5 Å². The molecule has 6 heteroatoms. The van der Waals surface area contributed by atoms with Gasteiger partial charge in [0, 0.05) is 30.8 Å². The number of aliphatic hydroxyl groups excluding tert-OH is 1. The van der Waals surface area contributed by atoms with Gasteiger partial charge in [0.15, 0.2) is 11.5 Å². The third-order valence-corrected chi connectivity index (χ3v) is 4.81. The molecule has 0 spiro atoms. The number of hydrogen-bond acceptors (Lipinski definition) is 6. The molecule has 4 rings (SSSR count). The lowest BCUT2D eigenvalue weighted by molar-refractivity contribution is 0.0477. The average molecular weight is 327 g/mol. The van der Waals surface area contributed by atoms with E-state index in [-0.39, 0.29) is 12.7 Å². The maximum absolute atomic E-state index is 10.6. The lowest BCUT2D eigenvalue weighted by Crippen LogP contribution is -2.42. The molecule has 2 aromatic rings. The highest BCUT2D eigenvalue weighted by atomic mass is 16.7. The molecule has 0 saturated carbocycles. The number of fused-ring (bicyclic) bond motifs is 1. The second kappa shape index (κ2) is 6.30. The molecule has 126 valence electrons. The predicted molar refractivity (Wildman–Crippen MR) is 89.9 cm³/mol. The van der Waals surface area contributed by atoms with Crippen molar-refractivity contribution in [2.24, 2.45) is 0 Å². The van der Waals surface area contributed by atoms with Gasteiger partial charge in [-0.3, -0.25) is 4.90 Å². The van der Waals surface area contributed by atoms with Crippen molar-refractivity contribution >= 4 is 5.82 Å². The molecule has 1 aromatic carbocycles. The number of ether oxygens (including phenoxy) is 2. The molecule has 3 heterocycles. The Morgan fingerprint density at radius 2 is 2.12 bits per heavy atom. The van der Waals surface area contributed by atoms with E-state index in [1.807, 2.05) is 30.3 Å². The van der Waals surface area contributed by atoms with Crippen molar-refractivity contribution in [3.05, 3.63) is 47.7 Å². The zero-order chi connectivity index (χ0) is 16.5. The lowest BCUT2D eigenvalue weighted by Gasteiger charge is -2.36. The monoisotopic (exact) mass is 327 g/mol. The molecule has 0 unspecified atom stereocenters. The van der Waals surface area contributed by atoms with Gasteiger partial charge in [-0.25, -0.2) is 4.98 Å². The summed E-state index contributed by atoms with van der Waals surface area (Å²) in [5.41, 5.74) is 8.03. The quantitative estimate of drug-likeness (QED) is 0.894. The van der Waals surface area contributed by atoms with E-state index in [2.05, 4.69) is 9.88 Å². The summed E-state index contributed by atoms with van der Waals surface area (Å²) in [6.45, 7) is 2.51. The summed E-state index contributed by atoms with van der Waals surface area (Å²) in [5, 5.41) is 10.6. The van der Waals surface area contributed by atoms with Crippen LogP contribution in [-0.4, -0.2) is 41.0 Å². The zero-order valence-corrected chi connectivity index (χ0v) is 13.4. The number of aliphatic hydroxyl groups is 1. The fraction of sp³-hybridized carbons (Fsp3) is 0.389. The Kier molecular flexibility index (Phi) is 4.00. The van der Waals surface area contributed by atoms with Crippen LogP contribution in [0.2, 0.25) is 0 Å². The third-order valence-electron chi connectivity index (χ3n) is 4.81. The van der Waals surface area contributed by atoms with E-state index in [4.69, 9.17) is 15.2 Å². The van der Waals surface area contributed by atoms with Crippen molar-refractivity contribution in [1.82, 2.24) is 9.88 Å². The molecule has 1 aromatic heterocycles. The number of rotatable bonds is 3. The Balaban J connectivity index is 1.44. The number of nitrogens with two attached hydrogens (primary N) is 1. The summed E-state index contributed by atoms with van der Waals surface area (Å²) in [6.07, 6.45) is 2.16. The highest BCUT2D eigenvalue weighted by Gasteiger charge is 2.30. The van der Waals surface area contributed by atoms with E-state index < -0.39 is 6.10 Å². The number of β-amino-alcohol motifs (C(OH)–C–C–N with tert-alkyl or cyclic N) is 1. The average Bonchev–Trinajstić information content (AvgIpc) is 3.05. The molecule has 1 saturated heterocycles. The molecule has 2 aliphatic rings. The Morgan fingerprint density at radius 3 is 2.96 bits per heavy atom. The van der Waals surface area contributed by atoms with Gasteiger partial charge in [-0.1, -0.05) is 12.1 Å². The van der Waals surface area contributed by atoms with Crippen molar-refractivity contribution < 1.29 is 14.6 Å². The second-order valence-electron chi connectivity index (χ2n) is 6.36. The predicted octanol–water partition coefficient (Wildman–Crippen LogP) is 1.74. The summed E-state index contributed by atoms with van der Waals surface area (Å²) in [6, 6.07) is 9.81. The fourth-order valence-corrected chi connectivity index (χ4v) is 3.50. The Bertz CT molecular complexity index is 737. The summed E-state index contributed by atoms with van der Waals surface area (Å²) >= 11 is 0. The van der Waals surface area contributed by atoms with Gasteiger partial charge in [-0.2, -0.15) is 0 Å². The molecule has 24 heavy (non-hydrogen) atoms. The van der Waals surface area contributed by atoms with Crippen LogP contribution in [0.25, 0.3) is 0 Å². The minimum Gasteiger partial charge on any atom is -0.454 e. The number of hydrogen-bond donors (Lipinski definition) is 2. The smallest absolute Gasteiger partial charge is 0.231 e. The highest BCUT2D eigenvalue weighted by molar-refractivity contribution is 5.45. The van der Waals surface area contributed by atoms with Crippen LogP contribution < -0.4 is 15.2 Å². The maximum atomic E-state index is 10.6. The summed E-state index contributed by atoms with van der Waals surface area (Å²) in [4.78, 5) is 6.35. The van der Waals surface area contributed by atoms with Gasteiger partial charge in [0.25, 0.3) is 0 Å². The fourth-order valence-electron chi connectivity index (χ4n) is 3.50. The van der Waals surface area contributed by atoms with Crippen LogP contribution in [-0.2, 0) is 6.54 Å². The molecular weight excluding hydrogens is 306 g/mol. The standard InChI is InChI=1S/C18H21N3O3/c19-18-13(2-1-6-20-18)9-21-7-5-14(15(22)10-21)12-3-4-16-17(8-12)24-11-23-16/h1-4,6,8,14-15,22H,5,7,9-11H2,(H2,19,20)/t14-,15+/m0/s1. The first-order valence-electron chi connectivity index (χ1n) is 8.20. The van der Waals surface area contributed by atoms with Crippen LogP contribution in [0.3, 0.4) is 0 Å². The van der Waals surface area contributed by atoms with Crippen molar-refractivity contribution in [2.45, 2.75) is 25.0 Å². The number of nitrogen functional groups attached to an aromatic ring is 1. The number of benzene rings is 1. The first kappa shape index (κ1) is 15.2. The van der Waals surface area contributed by atoms with Gasteiger partial charge in [-0.15, -0.1) is 0 Å². The van der Waals surface area contributed by atoms with Gasteiger partial charge in [0.1, 0.15) is 5.82 Å². The van der Waals surface area contributed by atoms with Gasteiger partial charge in [-0.05, 0) is 36.7 Å². The van der Waals surface area contributed by atoms with Crippen LogP contribution in [0.4, 0.5) is 5.82 Å². The molecule has 1 fully saturated rings. The summed E-state index contributed by atoms with van der Waals surface area (Å²) < 4.78 is 10.8. The van der Waals surface area contributed by atoms with Crippen LogP contribution in [0.5, 0.6) is 11.5 Å². The molecule has 6 nitrogen and oxygen atoms in total. The third kappa shape index (κ3) is 2.90. The molecule has 0 bridgehead atoms. The maximum Gasteiger partial charge on any atom is 0.231 e. The van der Waals surface area contributed by atoms with Crippen molar-refractivity contribution in [1.29, 1.82) is 0 Å². The van der Waals surface area contributed by atoms with E-state index >= 15 is 0 Å². The Labute approximate surface area is 140 Å². The molecule has 3 N–H and O–H groups in total. The van der Waals surface area contributed by atoms with Crippen LogP contribution in [0.1, 0.15) is 23.5 Å². The Hall–Kier alpha value is -2.31. The summed E-state index contributed by atoms with van der Waals surface area (Å²) in [7, 11) is 0. The van der Waals surface area contributed by atoms with E-state index in [0.717, 1.165) is 35.6 Å². The number of nitrogens with zero attached hydrogens (tertiary/aromatic N) is 2. The summed E-state index contributed by atoms with van der Waals surface area (Å²) in [5.74, 6) is 2.22. The lowest BCUT2D eigenvalue weighted by atomic mass is 9.86. The number of anilines is 1. The number of aromatic nitrogens is 1. The molecule has 0 radical (unpaired) electrons. The zero-order valence-electron chi connectivity index (χ0n) is 13.4. The van der Waals surface area contributed by atoms with Crippen molar-refractivity contribution in [3.8, 4) is 11.5 Å². The van der Waals surface area contributed by atoms with Gasteiger partial charge < -0.3 is 20.3 Å². The molecule has 2 atom stereocenters. The number of likely N-dealkylation sites (tertiary alicyclic amines) is 1. The first-order chi connectivity index (χ1) is 11.7. The first-order valence-corrected chi connectivity index (χ1v) is 8.20. The second-order valence-corrected chi connectivity index (χ2v) is 6.36. The van der Waals surface area contributed by atoms with Gasteiger partial charge >= 0.3 is 0 Å².